The van der Waals surface area contributed by atoms with Crippen LogP contribution in [0, 0.1) is 0 Å². The highest BCUT2D eigenvalue weighted by molar-refractivity contribution is 9.40. The number of rotatable bonds is 6. The molecule has 1 aliphatic rings. The van der Waals surface area contributed by atoms with E-state index in [1.165, 1.54) is 13.1 Å². The molecule has 0 aliphatic carbocycles. The zero-order valence-electron chi connectivity index (χ0n) is 15.9. The van der Waals surface area contributed by atoms with E-state index in [1.54, 1.807) is 0 Å². The number of ether oxygens (including phenoxy) is 5. The van der Waals surface area contributed by atoms with Gasteiger partial charge in [-0.2, -0.15) is 0 Å². The molecule has 0 unspecified atom stereocenters. The predicted molar refractivity (Wildman–Crippen MR) is 110 cm³/mol. The second-order valence-electron chi connectivity index (χ2n) is 5.91. The van der Waals surface area contributed by atoms with Crippen molar-refractivity contribution in [3.63, 3.8) is 0 Å². The lowest BCUT2D eigenvalue weighted by molar-refractivity contribution is -0.250. The summed E-state index contributed by atoms with van der Waals surface area (Å²) < 4.78 is 25.7. The minimum atomic E-state index is -1.26. The Labute approximate surface area is 192 Å². The summed E-state index contributed by atoms with van der Waals surface area (Å²) >= 11 is 9.71. The molecule has 10 nitrogen and oxygen atoms in total. The molecule has 1 saturated heterocycles. The molecule has 1 aliphatic heterocycles. The van der Waals surface area contributed by atoms with Gasteiger partial charge >= 0.3 is 23.9 Å². The van der Waals surface area contributed by atoms with Crippen LogP contribution in [-0.2, 0) is 42.9 Å². The lowest BCUT2D eigenvalue weighted by Crippen LogP contribution is -2.62. The molecule has 0 N–H and O–H groups in total. The van der Waals surface area contributed by atoms with Gasteiger partial charge in [-0.15, -0.1) is 0 Å². The van der Waals surface area contributed by atoms with Crippen molar-refractivity contribution in [2.45, 2.75) is 60.5 Å². The van der Waals surface area contributed by atoms with Crippen LogP contribution in [0.3, 0.4) is 0 Å². The normalized spacial score (nSPS) is 27.2. The van der Waals surface area contributed by atoms with Crippen LogP contribution in [0.15, 0.2) is 4.99 Å². The van der Waals surface area contributed by atoms with Gasteiger partial charge in [0.05, 0.1) is 0 Å². The van der Waals surface area contributed by atoms with Crippen LogP contribution in [0.1, 0.15) is 27.7 Å². The number of esters is 4. The third-order valence-electron chi connectivity index (χ3n) is 3.33. The molecule has 164 valence electrons. The molecule has 0 aromatic heterocycles. The summed E-state index contributed by atoms with van der Waals surface area (Å²) in [5.74, 6) is -2.70. The van der Waals surface area contributed by atoms with E-state index < -0.39 is 56.7 Å². The highest BCUT2D eigenvalue weighted by atomic mass is 80.0. The van der Waals surface area contributed by atoms with Crippen LogP contribution < -0.4 is 0 Å². The molecule has 29 heavy (non-hydrogen) atoms. The lowest BCUT2D eigenvalue weighted by atomic mass is 9.97. The molecule has 1 fully saturated rings. The Morgan fingerprint density at radius 2 is 1.34 bits per heavy atom. The lowest BCUT2D eigenvalue weighted by Gasteiger charge is -2.43. The molecule has 1 rings (SSSR count). The van der Waals surface area contributed by atoms with Crippen LogP contribution in [-0.4, -0.2) is 69.5 Å². The van der Waals surface area contributed by atoms with Crippen LogP contribution in [0.2, 0.25) is 0 Å². The quantitative estimate of drug-likeness (QED) is 0.192. The van der Waals surface area contributed by atoms with Gasteiger partial charge in [0.2, 0.25) is 0 Å². The van der Waals surface area contributed by atoms with Crippen molar-refractivity contribution in [2.75, 3.05) is 6.61 Å². The van der Waals surface area contributed by atoms with Crippen molar-refractivity contribution >= 4 is 77.9 Å². The van der Waals surface area contributed by atoms with Crippen LogP contribution in [0.4, 0.5) is 0 Å². The van der Waals surface area contributed by atoms with Crippen LogP contribution >= 0.6 is 47.8 Å². The molecule has 0 bridgehead atoms. The number of halogens is 3. The van der Waals surface area contributed by atoms with Gasteiger partial charge in [-0.3, -0.25) is 24.2 Å². The maximum absolute atomic E-state index is 11.7. The summed E-state index contributed by atoms with van der Waals surface area (Å²) in [6, 6.07) is 0. The van der Waals surface area contributed by atoms with Gasteiger partial charge in [-0.05, 0) is 0 Å². The highest BCUT2D eigenvalue weighted by Crippen LogP contribution is 2.33. The summed E-state index contributed by atoms with van der Waals surface area (Å²) in [6.07, 6.45) is -4.56. The first kappa shape index (κ1) is 26.0. The molecule has 0 amide bonds. The minimum absolute atomic E-state index is 0.314. The molecular weight excluding hydrogens is 590 g/mol. The standard InChI is InChI=1S/C16H20Br3NO9/c1-7(21)25-5-11-12(26-8(2)22)13(27-9(3)23)14(28-10(4)24)15(29-11)20-6-16(17,18)19/h6,11-15H,5H2,1-4H3/b20-6-/t11-,12+,13+,14-,15+/m1/s1. The largest absolute Gasteiger partial charge is 0.463 e. The van der Waals surface area contributed by atoms with E-state index in [-0.39, 0.29) is 6.61 Å². The Bertz CT molecular complexity index is 665. The van der Waals surface area contributed by atoms with Crippen molar-refractivity contribution in [1.29, 1.82) is 0 Å². The van der Waals surface area contributed by atoms with Gasteiger partial charge in [-0.25, -0.2) is 0 Å². The first-order chi connectivity index (χ1) is 13.3. The zero-order chi connectivity index (χ0) is 22.4. The second kappa shape index (κ2) is 11.4. The average Bonchev–Trinajstić information content (AvgIpc) is 2.53. The smallest absolute Gasteiger partial charge is 0.303 e. The van der Waals surface area contributed by atoms with Crippen molar-refractivity contribution < 1.29 is 42.9 Å². The predicted octanol–water partition coefficient (Wildman–Crippen LogP) is 1.98. The number of alkyl halides is 3. The molecule has 13 heteroatoms. The van der Waals surface area contributed by atoms with Gasteiger partial charge < -0.3 is 23.7 Å². The van der Waals surface area contributed by atoms with E-state index in [0.29, 0.717) is 0 Å². The minimum Gasteiger partial charge on any atom is -0.463 e. The Morgan fingerprint density at radius 1 is 0.862 bits per heavy atom. The molecule has 5 atom stereocenters. The van der Waals surface area contributed by atoms with Gasteiger partial charge in [0.1, 0.15) is 12.7 Å². The van der Waals surface area contributed by atoms with E-state index in [0.717, 1.165) is 20.8 Å². The fourth-order valence-corrected chi connectivity index (χ4v) is 2.84. The molecule has 0 aromatic carbocycles. The summed E-state index contributed by atoms with van der Waals surface area (Å²) in [5, 5.41) is 0. The topological polar surface area (TPSA) is 127 Å². The van der Waals surface area contributed by atoms with Crippen LogP contribution in [0.5, 0.6) is 0 Å². The Morgan fingerprint density at radius 3 is 1.79 bits per heavy atom. The molecule has 1 heterocycles. The number of aliphatic imine (C=N–C) groups is 1. The van der Waals surface area contributed by atoms with Gasteiger partial charge in [0.25, 0.3) is 0 Å². The third kappa shape index (κ3) is 9.53. The average molecular weight is 610 g/mol. The SMILES string of the molecule is CC(=O)OC[C@H]1O[C@H](/N=C\C(Br)(Br)Br)[C@H](OC(C)=O)[C@@H](OC(C)=O)[C@H]1OC(C)=O. The monoisotopic (exact) mass is 607 g/mol. The van der Waals surface area contributed by atoms with Crippen molar-refractivity contribution in [1.82, 2.24) is 0 Å². The Balaban J connectivity index is 3.37. The van der Waals surface area contributed by atoms with E-state index in [9.17, 15) is 19.2 Å². The first-order valence-corrected chi connectivity index (χ1v) is 10.6. The zero-order valence-corrected chi connectivity index (χ0v) is 20.7. The van der Waals surface area contributed by atoms with Crippen molar-refractivity contribution in [3.05, 3.63) is 0 Å². The highest BCUT2D eigenvalue weighted by Gasteiger charge is 2.52. The van der Waals surface area contributed by atoms with Gasteiger partial charge in [0.15, 0.2) is 26.7 Å². The number of carbonyl (C=O) groups excluding carboxylic acids is 4. The number of hydrogen-bond donors (Lipinski definition) is 0. The summed E-state index contributed by atoms with van der Waals surface area (Å²) in [5.41, 5.74) is 0. The van der Waals surface area contributed by atoms with Crippen molar-refractivity contribution in [3.8, 4) is 0 Å². The van der Waals surface area contributed by atoms with E-state index in [4.69, 9.17) is 23.7 Å². The van der Waals surface area contributed by atoms with Crippen molar-refractivity contribution in [2.24, 2.45) is 4.99 Å². The molecular formula is C16H20Br3NO9. The Kier molecular flexibility index (Phi) is 10.2. The number of hydrogen-bond acceptors (Lipinski definition) is 10. The third-order valence-corrected chi connectivity index (χ3v) is 3.95. The molecule has 0 spiro atoms. The summed E-state index contributed by atoms with van der Waals surface area (Å²) in [4.78, 5) is 50.4. The molecule has 0 aromatic rings. The summed E-state index contributed by atoms with van der Waals surface area (Å²) in [6.45, 7) is 4.32. The maximum Gasteiger partial charge on any atom is 0.303 e. The first-order valence-electron chi connectivity index (χ1n) is 8.21. The van der Waals surface area contributed by atoms with E-state index >= 15 is 0 Å². The molecule has 0 saturated carbocycles. The van der Waals surface area contributed by atoms with E-state index in [2.05, 4.69) is 52.8 Å². The second-order valence-corrected chi connectivity index (χ2v) is 12.9. The number of nitrogens with zero attached hydrogens (tertiary/aromatic N) is 1. The maximum atomic E-state index is 11.7. The van der Waals surface area contributed by atoms with E-state index in [1.807, 2.05) is 0 Å². The van der Waals surface area contributed by atoms with Gasteiger partial charge in [0, 0.05) is 33.9 Å². The molecule has 0 radical (unpaired) electrons. The Hall–Kier alpha value is -1.05. The van der Waals surface area contributed by atoms with Gasteiger partial charge in [-0.1, -0.05) is 47.8 Å². The fraction of sp³-hybridized carbons (Fsp3) is 0.688. The number of carbonyl (C=O) groups is 4. The fourth-order valence-electron chi connectivity index (χ4n) is 2.48. The summed E-state index contributed by atoms with van der Waals surface area (Å²) in [7, 11) is 0. The van der Waals surface area contributed by atoms with Crippen LogP contribution in [0.25, 0.3) is 0 Å².